The summed E-state index contributed by atoms with van der Waals surface area (Å²) in [6.45, 7) is 2.18. The van der Waals surface area contributed by atoms with Crippen LogP contribution in [0.5, 0.6) is 11.5 Å². The van der Waals surface area contributed by atoms with Gasteiger partial charge in [-0.2, -0.15) is 0 Å². The summed E-state index contributed by atoms with van der Waals surface area (Å²) in [5.41, 5.74) is 0.505. The van der Waals surface area contributed by atoms with Gasteiger partial charge in [0.25, 0.3) is 0 Å². The number of carbonyl (C=O) groups excluding carboxylic acids is 3. The predicted molar refractivity (Wildman–Crippen MR) is 120 cm³/mol. The zero-order valence-electron chi connectivity index (χ0n) is 17.6. The Bertz CT molecular complexity index is 957. The van der Waals surface area contributed by atoms with Gasteiger partial charge in [-0.1, -0.05) is 6.07 Å². The van der Waals surface area contributed by atoms with Crippen LogP contribution in [0.1, 0.15) is 17.7 Å². The lowest BCUT2D eigenvalue weighted by atomic mass is 9.96. The summed E-state index contributed by atoms with van der Waals surface area (Å²) in [6.07, 6.45) is 2.24. The molecule has 3 N–H and O–H groups in total. The standard InChI is InChI=1S/C22H26N4O5S/c27-20(25-22(29)24-16-3-4-18-19(12-16)31-14-30-18)13-26-9-6-15(7-10-26)21(28)23-8-5-17-2-1-11-32-17/h1-4,11-12,15H,5-10,13-14H2,(H,23,28)(H2,24,25,27,29). The van der Waals surface area contributed by atoms with E-state index in [2.05, 4.69) is 22.0 Å². The van der Waals surface area contributed by atoms with E-state index in [1.54, 1.807) is 29.5 Å². The third-order valence-electron chi connectivity index (χ3n) is 5.46. The van der Waals surface area contributed by atoms with Crippen LogP contribution in [-0.2, 0) is 16.0 Å². The number of rotatable bonds is 7. The SMILES string of the molecule is O=C(CN1CCC(C(=O)NCCc2cccs2)CC1)NC(=O)Nc1ccc2c(c1)OCO2. The molecule has 0 unspecified atom stereocenters. The Morgan fingerprint density at radius 1 is 1.09 bits per heavy atom. The number of piperidine rings is 1. The molecule has 3 heterocycles. The van der Waals surface area contributed by atoms with Gasteiger partial charge in [0.1, 0.15) is 0 Å². The number of thiophene rings is 1. The van der Waals surface area contributed by atoms with Crippen molar-refractivity contribution in [1.29, 1.82) is 0 Å². The van der Waals surface area contributed by atoms with E-state index in [-0.39, 0.29) is 31.1 Å². The molecule has 2 aliphatic rings. The number of nitrogens with zero attached hydrogens (tertiary/aromatic N) is 1. The number of imide groups is 1. The van der Waals surface area contributed by atoms with Gasteiger partial charge in [0, 0.05) is 29.1 Å². The van der Waals surface area contributed by atoms with Crippen molar-refractivity contribution in [3.8, 4) is 11.5 Å². The minimum atomic E-state index is -0.603. The number of hydrogen-bond donors (Lipinski definition) is 3. The fourth-order valence-electron chi connectivity index (χ4n) is 3.77. The number of fused-ring (bicyclic) bond motifs is 1. The molecule has 4 amide bonds. The number of amides is 4. The van der Waals surface area contributed by atoms with Crippen LogP contribution in [0.25, 0.3) is 0 Å². The molecule has 9 nitrogen and oxygen atoms in total. The summed E-state index contributed by atoms with van der Waals surface area (Å²) in [6, 6.07) is 8.48. The van der Waals surface area contributed by atoms with Gasteiger partial charge in [0.05, 0.1) is 6.54 Å². The highest BCUT2D eigenvalue weighted by molar-refractivity contribution is 7.09. The largest absolute Gasteiger partial charge is 0.454 e. The number of benzene rings is 1. The fourth-order valence-corrected chi connectivity index (χ4v) is 4.48. The Labute approximate surface area is 190 Å². The number of anilines is 1. The maximum atomic E-state index is 12.4. The molecule has 4 rings (SSSR count). The topological polar surface area (TPSA) is 109 Å². The maximum absolute atomic E-state index is 12.4. The fraction of sp³-hybridized carbons (Fsp3) is 0.409. The van der Waals surface area contributed by atoms with Gasteiger partial charge in [-0.3, -0.25) is 19.8 Å². The van der Waals surface area contributed by atoms with E-state index < -0.39 is 6.03 Å². The average molecular weight is 459 g/mol. The van der Waals surface area contributed by atoms with Crippen LogP contribution in [0.15, 0.2) is 35.7 Å². The molecule has 2 aromatic rings. The van der Waals surface area contributed by atoms with Crippen molar-refractivity contribution in [2.75, 3.05) is 38.3 Å². The van der Waals surface area contributed by atoms with Crippen LogP contribution in [0.2, 0.25) is 0 Å². The average Bonchev–Trinajstić information content (AvgIpc) is 3.45. The molecule has 0 saturated carbocycles. The van der Waals surface area contributed by atoms with Crippen molar-refractivity contribution in [3.63, 3.8) is 0 Å². The van der Waals surface area contributed by atoms with E-state index in [4.69, 9.17) is 9.47 Å². The first kappa shape index (κ1) is 22.1. The first-order chi connectivity index (χ1) is 15.6. The first-order valence-electron chi connectivity index (χ1n) is 10.6. The van der Waals surface area contributed by atoms with E-state index in [1.807, 2.05) is 16.3 Å². The van der Waals surface area contributed by atoms with Gasteiger partial charge in [-0.15, -0.1) is 11.3 Å². The molecule has 0 bridgehead atoms. The summed E-state index contributed by atoms with van der Waals surface area (Å²) < 4.78 is 10.5. The monoisotopic (exact) mass is 458 g/mol. The van der Waals surface area contributed by atoms with E-state index in [9.17, 15) is 14.4 Å². The minimum Gasteiger partial charge on any atom is -0.454 e. The van der Waals surface area contributed by atoms with Crippen molar-refractivity contribution in [1.82, 2.24) is 15.5 Å². The highest BCUT2D eigenvalue weighted by Crippen LogP contribution is 2.34. The van der Waals surface area contributed by atoms with E-state index in [0.29, 0.717) is 49.7 Å². The highest BCUT2D eigenvalue weighted by atomic mass is 32.1. The van der Waals surface area contributed by atoms with Crippen molar-refractivity contribution in [2.24, 2.45) is 5.92 Å². The van der Waals surface area contributed by atoms with Crippen LogP contribution < -0.4 is 25.4 Å². The Hall–Kier alpha value is -3.11. The van der Waals surface area contributed by atoms with Crippen molar-refractivity contribution < 1.29 is 23.9 Å². The predicted octanol–water partition coefficient (Wildman–Crippen LogP) is 2.20. The number of urea groups is 1. The van der Waals surface area contributed by atoms with E-state index in [0.717, 1.165) is 6.42 Å². The second kappa shape index (κ2) is 10.5. The van der Waals surface area contributed by atoms with E-state index in [1.165, 1.54) is 4.88 Å². The second-order valence-electron chi connectivity index (χ2n) is 7.74. The Morgan fingerprint density at radius 3 is 2.69 bits per heavy atom. The Balaban J connectivity index is 1.13. The molecular weight excluding hydrogens is 432 g/mol. The summed E-state index contributed by atoms with van der Waals surface area (Å²) >= 11 is 1.69. The molecule has 170 valence electrons. The summed E-state index contributed by atoms with van der Waals surface area (Å²) in [4.78, 5) is 39.9. The molecule has 2 aliphatic heterocycles. The molecule has 32 heavy (non-hydrogen) atoms. The summed E-state index contributed by atoms with van der Waals surface area (Å²) in [5.74, 6) is 0.821. The molecule has 0 radical (unpaired) electrons. The van der Waals surface area contributed by atoms with Crippen molar-refractivity contribution >= 4 is 34.9 Å². The quantitative estimate of drug-likeness (QED) is 0.587. The lowest BCUT2D eigenvalue weighted by molar-refractivity contribution is -0.126. The molecule has 0 aliphatic carbocycles. The molecule has 0 atom stereocenters. The van der Waals surface area contributed by atoms with Crippen molar-refractivity contribution in [2.45, 2.75) is 19.3 Å². The third-order valence-corrected chi connectivity index (χ3v) is 6.40. The lowest BCUT2D eigenvalue weighted by Gasteiger charge is -2.30. The highest BCUT2D eigenvalue weighted by Gasteiger charge is 2.26. The second-order valence-corrected chi connectivity index (χ2v) is 8.77. The molecule has 1 fully saturated rings. The zero-order chi connectivity index (χ0) is 22.3. The summed E-state index contributed by atoms with van der Waals surface area (Å²) in [5, 5.41) is 9.99. The zero-order valence-corrected chi connectivity index (χ0v) is 18.4. The third kappa shape index (κ3) is 5.98. The van der Waals surface area contributed by atoms with Crippen molar-refractivity contribution in [3.05, 3.63) is 40.6 Å². The first-order valence-corrected chi connectivity index (χ1v) is 11.5. The van der Waals surface area contributed by atoms with Gasteiger partial charge in [0.15, 0.2) is 11.5 Å². The number of carbonyl (C=O) groups is 3. The maximum Gasteiger partial charge on any atom is 0.325 e. The van der Waals surface area contributed by atoms with Gasteiger partial charge in [0.2, 0.25) is 18.6 Å². The number of likely N-dealkylation sites (tertiary alicyclic amines) is 1. The number of ether oxygens (including phenoxy) is 2. The number of hydrogen-bond acceptors (Lipinski definition) is 7. The van der Waals surface area contributed by atoms with Crippen LogP contribution in [0.4, 0.5) is 10.5 Å². The number of nitrogens with one attached hydrogen (secondary N) is 3. The van der Waals surface area contributed by atoms with Crippen LogP contribution >= 0.6 is 11.3 Å². The van der Waals surface area contributed by atoms with Crippen LogP contribution in [0, 0.1) is 5.92 Å². The summed E-state index contributed by atoms with van der Waals surface area (Å²) in [7, 11) is 0. The van der Waals surface area contributed by atoms with Gasteiger partial charge in [-0.05, 0) is 55.9 Å². The molecule has 10 heteroatoms. The molecule has 1 aromatic heterocycles. The smallest absolute Gasteiger partial charge is 0.325 e. The molecule has 1 aromatic carbocycles. The van der Waals surface area contributed by atoms with Gasteiger partial charge in [-0.25, -0.2) is 4.79 Å². The molecular formula is C22H26N4O5S. The van der Waals surface area contributed by atoms with Gasteiger partial charge >= 0.3 is 6.03 Å². The van der Waals surface area contributed by atoms with Crippen LogP contribution in [0.3, 0.4) is 0 Å². The van der Waals surface area contributed by atoms with Gasteiger partial charge < -0.3 is 20.1 Å². The normalized spacial score (nSPS) is 15.9. The lowest BCUT2D eigenvalue weighted by Crippen LogP contribution is -2.46. The van der Waals surface area contributed by atoms with E-state index >= 15 is 0 Å². The Morgan fingerprint density at radius 2 is 1.91 bits per heavy atom. The van der Waals surface area contributed by atoms with Crippen LogP contribution in [-0.4, -0.2) is 55.7 Å². The minimum absolute atomic E-state index is 0.0352. The Kier molecular flexibility index (Phi) is 7.23. The molecule has 0 spiro atoms. The molecule has 1 saturated heterocycles.